The molecule has 2 aliphatic heterocycles. The minimum atomic E-state index is 0.0329. The van der Waals surface area contributed by atoms with Crippen LogP contribution in [-0.4, -0.2) is 24.0 Å². The molecule has 2 saturated heterocycles. The van der Waals surface area contributed by atoms with Gasteiger partial charge in [0.1, 0.15) is 0 Å². The van der Waals surface area contributed by atoms with Gasteiger partial charge in [0.2, 0.25) is 5.91 Å². The molecule has 4 heteroatoms. The fraction of sp³-hybridized carbons (Fsp3) is 0.846. The monoisotopic (exact) mass is 233 g/mol. The third-order valence-corrected chi connectivity index (χ3v) is 4.65. The highest BCUT2D eigenvalue weighted by Gasteiger charge is 2.43. The highest BCUT2D eigenvalue weighted by molar-refractivity contribution is 5.80. The van der Waals surface area contributed by atoms with Crippen LogP contribution in [0.2, 0.25) is 0 Å². The predicted octanol–water partition coefficient (Wildman–Crippen LogP) is 0.935. The summed E-state index contributed by atoms with van der Waals surface area (Å²) < 4.78 is 0. The Morgan fingerprint density at radius 3 is 2.82 bits per heavy atom. The van der Waals surface area contributed by atoms with Gasteiger partial charge in [-0.1, -0.05) is 0 Å². The molecule has 0 radical (unpaired) electrons. The molecule has 4 nitrogen and oxygen atoms in total. The molecule has 92 valence electrons. The second-order valence-corrected chi connectivity index (χ2v) is 5.67. The van der Waals surface area contributed by atoms with Crippen LogP contribution in [0.1, 0.15) is 38.5 Å². The Bertz CT molecular complexity index is 362. The van der Waals surface area contributed by atoms with Gasteiger partial charge in [0, 0.05) is 18.1 Å². The van der Waals surface area contributed by atoms with E-state index in [4.69, 9.17) is 5.26 Å². The van der Waals surface area contributed by atoms with Gasteiger partial charge in [-0.3, -0.25) is 4.79 Å². The molecule has 0 aromatic rings. The first-order chi connectivity index (χ1) is 8.28. The van der Waals surface area contributed by atoms with Crippen LogP contribution in [0.15, 0.2) is 0 Å². The maximum Gasteiger partial charge on any atom is 0.225 e. The van der Waals surface area contributed by atoms with Crippen LogP contribution in [0.25, 0.3) is 0 Å². The zero-order valence-corrected chi connectivity index (χ0v) is 9.98. The van der Waals surface area contributed by atoms with Crippen molar-refractivity contribution in [1.29, 1.82) is 5.26 Å². The quantitative estimate of drug-likeness (QED) is 0.746. The van der Waals surface area contributed by atoms with Crippen LogP contribution in [0, 0.1) is 23.2 Å². The van der Waals surface area contributed by atoms with E-state index in [1.807, 2.05) is 0 Å². The molecule has 1 saturated carbocycles. The van der Waals surface area contributed by atoms with E-state index in [-0.39, 0.29) is 23.8 Å². The number of hydrogen-bond donors (Lipinski definition) is 2. The molecule has 0 aromatic heterocycles. The van der Waals surface area contributed by atoms with Gasteiger partial charge in [-0.2, -0.15) is 5.26 Å². The standard InChI is InChI=1S/C13H19N3O/c14-7-8-2-1-3-11(8)16-13(17)10-6-9-4-5-12(10)15-9/h8-12,15H,1-6H2,(H,16,17). The average Bonchev–Trinajstić information content (AvgIpc) is 3.03. The lowest BCUT2D eigenvalue weighted by atomic mass is 9.88. The normalized spacial score (nSPS) is 43.6. The summed E-state index contributed by atoms with van der Waals surface area (Å²) in [5.41, 5.74) is 0. The fourth-order valence-corrected chi connectivity index (χ4v) is 3.69. The lowest BCUT2D eigenvalue weighted by molar-refractivity contribution is -0.126. The minimum absolute atomic E-state index is 0.0329. The zero-order valence-electron chi connectivity index (χ0n) is 9.98. The van der Waals surface area contributed by atoms with E-state index in [9.17, 15) is 4.79 Å². The van der Waals surface area contributed by atoms with Gasteiger partial charge >= 0.3 is 0 Å². The van der Waals surface area contributed by atoms with Crippen LogP contribution >= 0.6 is 0 Å². The number of hydrogen-bond acceptors (Lipinski definition) is 3. The Balaban J connectivity index is 1.59. The van der Waals surface area contributed by atoms with Gasteiger partial charge in [0.25, 0.3) is 0 Å². The molecule has 2 bridgehead atoms. The second kappa shape index (κ2) is 4.30. The van der Waals surface area contributed by atoms with Crippen LogP contribution < -0.4 is 10.6 Å². The number of nitrogens with zero attached hydrogens (tertiary/aromatic N) is 1. The zero-order chi connectivity index (χ0) is 11.8. The molecular weight excluding hydrogens is 214 g/mol. The van der Waals surface area contributed by atoms with Crippen molar-refractivity contribution in [3.63, 3.8) is 0 Å². The summed E-state index contributed by atoms with van der Waals surface area (Å²) in [7, 11) is 0. The Morgan fingerprint density at radius 2 is 2.18 bits per heavy atom. The Morgan fingerprint density at radius 1 is 1.29 bits per heavy atom. The number of carbonyl (C=O) groups is 1. The fourth-order valence-electron chi connectivity index (χ4n) is 3.69. The third-order valence-electron chi connectivity index (χ3n) is 4.65. The molecule has 3 fully saturated rings. The topological polar surface area (TPSA) is 64.9 Å². The molecule has 3 rings (SSSR count). The van der Waals surface area contributed by atoms with Crippen LogP contribution in [-0.2, 0) is 4.79 Å². The summed E-state index contributed by atoms with van der Waals surface area (Å²) in [6.07, 6.45) is 6.32. The SMILES string of the molecule is N#CC1CCCC1NC(=O)C1CC2CCC1N2. The van der Waals surface area contributed by atoms with Crippen molar-refractivity contribution in [3.8, 4) is 6.07 Å². The van der Waals surface area contributed by atoms with Crippen molar-refractivity contribution in [2.24, 2.45) is 11.8 Å². The van der Waals surface area contributed by atoms with Gasteiger partial charge in [-0.15, -0.1) is 0 Å². The molecule has 1 amide bonds. The highest BCUT2D eigenvalue weighted by atomic mass is 16.2. The molecule has 5 unspecified atom stereocenters. The number of nitriles is 1. The summed E-state index contributed by atoms with van der Waals surface area (Å²) in [6, 6.07) is 3.37. The van der Waals surface area contributed by atoms with E-state index in [1.165, 1.54) is 6.42 Å². The van der Waals surface area contributed by atoms with E-state index >= 15 is 0 Å². The van der Waals surface area contributed by atoms with E-state index in [1.54, 1.807) is 0 Å². The minimum Gasteiger partial charge on any atom is -0.352 e. The molecule has 0 aromatic carbocycles. The average molecular weight is 233 g/mol. The summed E-state index contributed by atoms with van der Waals surface area (Å²) in [5.74, 6) is 0.357. The first kappa shape index (κ1) is 11.0. The molecule has 1 aliphatic carbocycles. The maximum absolute atomic E-state index is 12.2. The molecule has 2 N–H and O–H groups in total. The Labute approximate surface area is 102 Å². The van der Waals surface area contributed by atoms with Crippen molar-refractivity contribution >= 4 is 5.91 Å². The number of amides is 1. The number of fused-ring (bicyclic) bond motifs is 2. The van der Waals surface area contributed by atoms with Crippen molar-refractivity contribution < 1.29 is 4.79 Å². The predicted molar refractivity (Wildman–Crippen MR) is 62.9 cm³/mol. The largest absolute Gasteiger partial charge is 0.352 e. The summed E-state index contributed by atoms with van der Waals surface area (Å²) in [6.45, 7) is 0. The Kier molecular flexibility index (Phi) is 2.79. The van der Waals surface area contributed by atoms with Crippen molar-refractivity contribution in [2.45, 2.75) is 56.7 Å². The molecule has 3 aliphatic rings. The van der Waals surface area contributed by atoms with E-state index < -0.39 is 0 Å². The molecule has 17 heavy (non-hydrogen) atoms. The van der Waals surface area contributed by atoms with E-state index in [0.717, 1.165) is 32.1 Å². The van der Waals surface area contributed by atoms with Gasteiger partial charge in [0.15, 0.2) is 0 Å². The molecule has 5 atom stereocenters. The van der Waals surface area contributed by atoms with E-state index in [2.05, 4.69) is 16.7 Å². The first-order valence-electron chi connectivity index (χ1n) is 6.74. The Hall–Kier alpha value is -1.08. The maximum atomic E-state index is 12.2. The van der Waals surface area contributed by atoms with E-state index in [0.29, 0.717) is 12.1 Å². The second-order valence-electron chi connectivity index (χ2n) is 5.67. The lowest BCUT2D eigenvalue weighted by Gasteiger charge is -2.23. The smallest absolute Gasteiger partial charge is 0.225 e. The number of nitrogens with one attached hydrogen (secondary N) is 2. The molecule has 2 heterocycles. The highest BCUT2D eigenvalue weighted by Crippen LogP contribution is 2.34. The van der Waals surface area contributed by atoms with Crippen LogP contribution in [0.3, 0.4) is 0 Å². The van der Waals surface area contributed by atoms with Gasteiger partial charge in [-0.25, -0.2) is 0 Å². The van der Waals surface area contributed by atoms with Crippen LogP contribution in [0.4, 0.5) is 0 Å². The first-order valence-corrected chi connectivity index (χ1v) is 6.74. The summed E-state index contributed by atoms with van der Waals surface area (Å²) in [5, 5.41) is 15.6. The molecule has 0 spiro atoms. The van der Waals surface area contributed by atoms with Gasteiger partial charge in [-0.05, 0) is 38.5 Å². The third kappa shape index (κ3) is 1.93. The summed E-state index contributed by atoms with van der Waals surface area (Å²) >= 11 is 0. The van der Waals surface area contributed by atoms with Crippen LogP contribution in [0.5, 0.6) is 0 Å². The molecular formula is C13H19N3O. The lowest BCUT2D eigenvalue weighted by Crippen LogP contribution is -2.43. The van der Waals surface area contributed by atoms with Gasteiger partial charge < -0.3 is 10.6 Å². The van der Waals surface area contributed by atoms with Crippen molar-refractivity contribution in [3.05, 3.63) is 0 Å². The van der Waals surface area contributed by atoms with Crippen molar-refractivity contribution in [2.75, 3.05) is 0 Å². The number of carbonyl (C=O) groups excluding carboxylic acids is 1. The van der Waals surface area contributed by atoms with Crippen molar-refractivity contribution in [1.82, 2.24) is 10.6 Å². The van der Waals surface area contributed by atoms with Gasteiger partial charge in [0.05, 0.1) is 17.9 Å². The number of rotatable bonds is 2. The summed E-state index contributed by atoms with van der Waals surface area (Å²) in [4.78, 5) is 12.2.